The van der Waals surface area contributed by atoms with Crippen molar-refractivity contribution in [2.45, 2.75) is 18.9 Å². The summed E-state index contributed by atoms with van der Waals surface area (Å²) >= 11 is 0. The smallest absolute Gasteiger partial charge is 0.358 e. The minimum absolute atomic E-state index is 0.0502. The van der Waals surface area contributed by atoms with E-state index in [0.29, 0.717) is 18.3 Å². The molecule has 3 rings (SSSR count). The van der Waals surface area contributed by atoms with Gasteiger partial charge >= 0.3 is 5.97 Å². The topological polar surface area (TPSA) is 72.6 Å². The molecule has 1 aliphatic heterocycles. The van der Waals surface area contributed by atoms with Gasteiger partial charge in [0.15, 0.2) is 11.5 Å². The molecule has 0 spiro atoms. The van der Waals surface area contributed by atoms with Gasteiger partial charge < -0.3 is 14.3 Å². The number of carbonyl (C=O) groups is 1. The summed E-state index contributed by atoms with van der Waals surface area (Å²) in [5.74, 6) is -0.441. The molecule has 0 saturated carbocycles. The van der Waals surface area contributed by atoms with Crippen LogP contribution in [0.1, 0.15) is 35.2 Å². The lowest BCUT2D eigenvalue weighted by molar-refractivity contribution is 0.0660. The molecule has 0 amide bonds. The van der Waals surface area contributed by atoms with Crippen LogP contribution in [0.25, 0.3) is 11.5 Å². The standard InChI is InChI=1S/C14H13NO4/c16-14(17)11-12(10-7-4-8-18-10)19-13(15-11)9-5-2-1-3-6-9/h1-3,5-6,10H,4,7-8H2,(H,16,17). The first-order valence-corrected chi connectivity index (χ1v) is 6.17. The molecule has 1 aromatic carbocycles. The summed E-state index contributed by atoms with van der Waals surface area (Å²) in [4.78, 5) is 15.3. The molecule has 2 heterocycles. The van der Waals surface area contributed by atoms with Crippen LogP contribution >= 0.6 is 0 Å². The van der Waals surface area contributed by atoms with Crippen LogP contribution in [0.4, 0.5) is 0 Å². The molecular formula is C14H13NO4. The maximum absolute atomic E-state index is 11.2. The molecule has 0 radical (unpaired) electrons. The van der Waals surface area contributed by atoms with E-state index in [1.165, 1.54) is 0 Å². The maximum Gasteiger partial charge on any atom is 0.358 e. The van der Waals surface area contributed by atoms with E-state index >= 15 is 0 Å². The average Bonchev–Trinajstić information content (AvgIpc) is 3.08. The minimum atomic E-state index is -1.09. The van der Waals surface area contributed by atoms with Gasteiger partial charge in [-0.3, -0.25) is 0 Å². The third-order valence-electron chi connectivity index (χ3n) is 3.10. The van der Waals surface area contributed by atoms with E-state index in [2.05, 4.69) is 4.98 Å². The predicted molar refractivity (Wildman–Crippen MR) is 66.8 cm³/mol. The maximum atomic E-state index is 11.2. The summed E-state index contributed by atoms with van der Waals surface area (Å²) in [6.45, 7) is 0.630. The van der Waals surface area contributed by atoms with Gasteiger partial charge in [0.1, 0.15) is 6.10 Å². The fourth-order valence-electron chi connectivity index (χ4n) is 2.19. The number of aromatic nitrogens is 1. The normalized spacial score (nSPS) is 18.6. The summed E-state index contributed by atoms with van der Waals surface area (Å²) in [7, 11) is 0. The number of ether oxygens (including phenoxy) is 1. The molecule has 0 bridgehead atoms. The zero-order valence-electron chi connectivity index (χ0n) is 10.2. The summed E-state index contributed by atoms with van der Waals surface area (Å²) in [6.07, 6.45) is 1.38. The predicted octanol–water partition coefficient (Wildman–Crippen LogP) is 2.89. The van der Waals surface area contributed by atoms with E-state index in [4.69, 9.17) is 9.15 Å². The number of oxazole rings is 1. The third-order valence-corrected chi connectivity index (χ3v) is 3.10. The number of nitrogens with zero attached hydrogens (tertiary/aromatic N) is 1. The van der Waals surface area contributed by atoms with E-state index < -0.39 is 5.97 Å². The van der Waals surface area contributed by atoms with Crippen molar-refractivity contribution in [1.29, 1.82) is 0 Å². The molecule has 1 aliphatic rings. The zero-order valence-corrected chi connectivity index (χ0v) is 10.2. The van der Waals surface area contributed by atoms with Crippen LogP contribution in [0.5, 0.6) is 0 Å². The first-order chi connectivity index (χ1) is 9.25. The number of carboxylic acid groups (broad SMARTS) is 1. The molecule has 1 aromatic heterocycles. The quantitative estimate of drug-likeness (QED) is 0.917. The van der Waals surface area contributed by atoms with Crippen molar-refractivity contribution >= 4 is 5.97 Å². The Morgan fingerprint density at radius 1 is 1.32 bits per heavy atom. The molecule has 1 saturated heterocycles. The SMILES string of the molecule is O=C(O)c1nc(-c2ccccc2)oc1C1CCCO1. The second kappa shape index (κ2) is 4.85. The number of aromatic carboxylic acids is 1. The molecule has 0 aliphatic carbocycles. The molecule has 1 atom stereocenters. The number of hydrogen-bond donors (Lipinski definition) is 1. The van der Waals surface area contributed by atoms with Gasteiger partial charge in [0.2, 0.25) is 5.89 Å². The summed E-state index contributed by atoms with van der Waals surface area (Å²) in [5, 5.41) is 9.21. The molecule has 1 fully saturated rings. The fraction of sp³-hybridized carbons (Fsp3) is 0.286. The van der Waals surface area contributed by atoms with Crippen molar-refractivity contribution in [3.8, 4) is 11.5 Å². The van der Waals surface area contributed by atoms with E-state index in [-0.39, 0.29) is 11.8 Å². The Bertz CT molecular complexity index is 585. The van der Waals surface area contributed by atoms with Crippen molar-refractivity contribution in [3.05, 3.63) is 41.8 Å². The van der Waals surface area contributed by atoms with Crippen LogP contribution in [-0.2, 0) is 4.74 Å². The van der Waals surface area contributed by atoms with Gasteiger partial charge in [-0.25, -0.2) is 9.78 Å². The highest BCUT2D eigenvalue weighted by atomic mass is 16.5. The van der Waals surface area contributed by atoms with Crippen LogP contribution in [-0.4, -0.2) is 22.7 Å². The minimum Gasteiger partial charge on any atom is -0.476 e. The molecular weight excluding hydrogens is 246 g/mol. The largest absolute Gasteiger partial charge is 0.476 e. The lowest BCUT2D eigenvalue weighted by Gasteiger charge is -2.05. The average molecular weight is 259 g/mol. The monoisotopic (exact) mass is 259 g/mol. The molecule has 1 unspecified atom stereocenters. The molecule has 19 heavy (non-hydrogen) atoms. The fourth-order valence-corrected chi connectivity index (χ4v) is 2.19. The van der Waals surface area contributed by atoms with Gasteiger partial charge in [0.25, 0.3) is 0 Å². The van der Waals surface area contributed by atoms with Gasteiger partial charge in [-0.05, 0) is 25.0 Å². The molecule has 5 nitrogen and oxygen atoms in total. The highest BCUT2D eigenvalue weighted by Gasteiger charge is 2.29. The van der Waals surface area contributed by atoms with Crippen LogP contribution in [0.3, 0.4) is 0 Å². The molecule has 5 heteroatoms. The lowest BCUT2D eigenvalue weighted by atomic mass is 10.1. The van der Waals surface area contributed by atoms with Gasteiger partial charge in [-0.2, -0.15) is 0 Å². The summed E-state index contributed by atoms with van der Waals surface area (Å²) in [5.41, 5.74) is 0.708. The van der Waals surface area contributed by atoms with E-state index in [1.807, 2.05) is 30.3 Å². The Kier molecular flexibility index (Phi) is 3.05. The van der Waals surface area contributed by atoms with E-state index in [1.54, 1.807) is 0 Å². The van der Waals surface area contributed by atoms with Crippen LogP contribution in [0.2, 0.25) is 0 Å². The van der Waals surface area contributed by atoms with Crippen LogP contribution in [0.15, 0.2) is 34.7 Å². The second-order valence-corrected chi connectivity index (χ2v) is 4.40. The van der Waals surface area contributed by atoms with Crippen molar-refractivity contribution in [1.82, 2.24) is 4.98 Å². The van der Waals surface area contributed by atoms with E-state index in [0.717, 1.165) is 18.4 Å². The van der Waals surface area contributed by atoms with Crippen LogP contribution < -0.4 is 0 Å². The number of rotatable bonds is 3. The van der Waals surface area contributed by atoms with E-state index in [9.17, 15) is 9.90 Å². The van der Waals surface area contributed by atoms with Crippen LogP contribution in [0, 0.1) is 0 Å². The zero-order chi connectivity index (χ0) is 13.2. The first kappa shape index (κ1) is 11.9. The lowest BCUT2D eigenvalue weighted by Crippen LogP contribution is -2.05. The number of hydrogen-bond acceptors (Lipinski definition) is 4. The Morgan fingerprint density at radius 2 is 2.11 bits per heavy atom. The molecule has 2 aromatic rings. The van der Waals surface area contributed by atoms with Crippen molar-refractivity contribution in [3.63, 3.8) is 0 Å². The molecule has 98 valence electrons. The van der Waals surface area contributed by atoms with Gasteiger partial charge in [0.05, 0.1) is 0 Å². The third kappa shape index (κ3) is 2.24. The number of benzene rings is 1. The van der Waals surface area contributed by atoms with Crippen molar-refractivity contribution in [2.24, 2.45) is 0 Å². The van der Waals surface area contributed by atoms with Crippen molar-refractivity contribution in [2.75, 3.05) is 6.61 Å². The Morgan fingerprint density at radius 3 is 2.74 bits per heavy atom. The second-order valence-electron chi connectivity index (χ2n) is 4.40. The summed E-state index contributed by atoms with van der Waals surface area (Å²) < 4.78 is 11.1. The summed E-state index contributed by atoms with van der Waals surface area (Å²) in [6, 6.07) is 9.25. The molecule has 1 N–H and O–H groups in total. The van der Waals surface area contributed by atoms with Gasteiger partial charge in [-0.1, -0.05) is 18.2 Å². The first-order valence-electron chi connectivity index (χ1n) is 6.17. The Labute approximate surface area is 109 Å². The van der Waals surface area contributed by atoms with Crippen molar-refractivity contribution < 1.29 is 19.1 Å². The Balaban J connectivity index is 2.04. The highest BCUT2D eigenvalue weighted by molar-refractivity contribution is 5.87. The number of carboxylic acids is 1. The van der Waals surface area contributed by atoms with Gasteiger partial charge in [-0.15, -0.1) is 0 Å². The Hall–Kier alpha value is -2.14. The van der Waals surface area contributed by atoms with Gasteiger partial charge in [0, 0.05) is 12.2 Å². The highest BCUT2D eigenvalue weighted by Crippen LogP contribution is 2.33.